The van der Waals surface area contributed by atoms with Gasteiger partial charge in [-0.15, -0.1) is 0 Å². The molecule has 0 amide bonds. The van der Waals surface area contributed by atoms with Gasteiger partial charge in [-0.25, -0.2) is 0 Å². The Hall–Kier alpha value is -0.562. The smallest absolute Gasteiger partial charge is 0.242 e. The van der Waals surface area contributed by atoms with Crippen LogP contribution in [0.5, 0.6) is 0 Å². The summed E-state index contributed by atoms with van der Waals surface area (Å²) >= 11 is 0. The molecule has 7 atom stereocenters. The van der Waals surface area contributed by atoms with E-state index in [1.54, 1.807) is 0 Å². The normalized spacial score (nSPS) is 36.6. The molecule has 2 fully saturated rings. The zero-order chi connectivity index (χ0) is 32.6. The summed E-state index contributed by atoms with van der Waals surface area (Å²) < 4.78 is 27.2. The highest BCUT2D eigenvalue weighted by Gasteiger charge is 2.70. The summed E-state index contributed by atoms with van der Waals surface area (Å²) in [5, 5.41) is 0. The summed E-state index contributed by atoms with van der Waals surface area (Å²) in [6.07, 6.45) is 10.8. The number of allylic oxidation sites excluding steroid dienone is 5. The number of hydrogen-bond donors (Lipinski definition) is 0. The molecule has 9 heteroatoms. The fourth-order valence-electron chi connectivity index (χ4n) is 9.05. The summed E-state index contributed by atoms with van der Waals surface area (Å²) in [4.78, 5) is 14.5. The van der Waals surface area contributed by atoms with Gasteiger partial charge in [0.2, 0.25) is 8.32 Å². The Balaban J connectivity index is 1.84. The van der Waals surface area contributed by atoms with E-state index >= 15 is 0 Å². The van der Waals surface area contributed by atoms with E-state index in [1.165, 1.54) is 11.1 Å². The van der Waals surface area contributed by atoms with Gasteiger partial charge in [-0.3, -0.25) is 4.79 Å². The lowest BCUT2D eigenvalue weighted by molar-refractivity contribution is -0.169. The highest BCUT2D eigenvalue weighted by molar-refractivity contribution is 6.71. The molecule has 4 aliphatic rings. The molecule has 4 rings (SSSR count). The van der Waals surface area contributed by atoms with Crippen LogP contribution in [-0.4, -0.2) is 57.4 Å². The fourth-order valence-corrected chi connectivity index (χ4v) is 13.1. The minimum atomic E-state index is -2.09. The van der Waals surface area contributed by atoms with Crippen molar-refractivity contribution in [3.63, 3.8) is 0 Å². The molecule has 0 radical (unpaired) electrons. The average Bonchev–Trinajstić information content (AvgIpc) is 3.07. The standard InChI is InChI=1S/C34H62O5Si4/c1-24-20-26-27-17-19-34(39-43(13,14)15,30(35)23-36-40(4,5)6)33(27,3)22-29(38-42(10,11)12)31(26)32(2)18-16-25(21-28(24)32)37-41(7,8)9/h16,18,21,26-27,29,31H,17,19-20,22-23H2,1-15H3/t26?,27-,29?,31+,32-,33-,34-/m0/s1. The van der Waals surface area contributed by atoms with Gasteiger partial charge >= 0.3 is 0 Å². The third-order valence-electron chi connectivity index (χ3n) is 10.2. The van der Waals surface area contributed by atoms with Gasteiger partial charge in [0.15, 0.2) is 30.7 Å². The van der Waals surface area contributed by atoms with Crippen LogP contribution in [0.15, 0.2) is 35.1 Å². The minimum absolute atomic E-state index is 0.0527. The van der Waals surface area contributed by atoms with Gasteiger partial charge in [-0.05, 0) is 141 Å². The second-order valence-corrected chi connectivity index (χ2v) is 36.2. The van der Waals surface area contributed by atoms with Crippen molar-refractivity contribution in [1.29, 1.82) is 0 Å². The fraction of sp³-hybridized carbons (Fsp3) is 0.794. The van der Waals surface area contributed by atoms with Gasteiger partial charge in [-0.2, -0.15) is 0 Å². The van der Waals surface area contributed by atoms with Crippen LogP contribution < -0.4 is 0 Å². The van der Waals surface area contributed by atoms with Crippen molar-refractivity contribution in [2.75, 3.05) is 6.61 Å². The first-order valence-electron chi connectivity index (χ1n) is 16.7. The molecule has 0 spiro atoms. The molecule has 2 unspecified atom stereocenters. The monoisotopic (exact) mass is 662 g/mol. The second-order valence-electron chi connectivity index (χ2n) is 18.4. The molecule has 4 aliphatic carbocycles. The molecule has 5 nitrogen and oxygen atoms in total. The Morgan fingerprint density at radius 3 is 2.07 bits per heavy atom. The first kappa shape index (κ1) is 35.3. The Morgan fingerprint density at radius 2 is 1.53 bits per heavy atom. The maximum absolute atomic E-state index is 14.5. The van der Waals surface area contributed by atoms with E-state index in [1.807, 2.05) is 0 Å². The van der Waals surface area contributed by atoms with Crippen molar-refractivity contribution < 1.29 is 22.5 Å². The predicted molar refractivity (Wildman–Crippen MR) is 189 cm³/mol. The van der Waals surface area contributed by atoms with Crippen molar-refractivity contribution >= 4 is 39.1 Å². The Labute approximate surface area is 267 Å². The molecule has 0 aromatic carbocycles. The number of ketones is 1. The van der Waals surface area contributed by atoms with Crippen molar-refractivity contribution in [1.82, 2.24) is 0 Å². The number of hydrogen-bond acceptors (Lipinski definition) is 5. The van der Waals surface area contributed by atoms with Crippen molar-refractivity contribution in [3.8, 4) is 0 Å². The molecule has 0 aromatic rings. The van der Waals surface area contributed by atoms with E-state index in [4.69, 9.17) is 17.7 Å². The molecule has 0 bridgehead atoms. The van der Waals surface area contributed by atoms with Crippen molar-refractivity contribution in [2.24, 2.45) is 28.6 Å². The summed E-state index contributed by atoms with van der Waals surface area (Å²) in [6, 6.07) is 0. The van der Waals surface area contributed by atoms with Crippen LogP contribution in [0, 0.1) is 28.6 Å². The highest BCUT2D eigenvalue weighted by atomic mass is 28.4. The van der Waals surface area contributed by atoms with Crippen LogP contribution in [0.4, 0.5) is 0 Å². The Kier molecular flexibility index (Phi) is 9.27. The van der Waals surface area contributed by atoms with Gasteiger partial charge in [0.25, 0.3) is 0 Å². The van der Waals surface area contributed by atoms with Gasteiger partial charge in [0.1, 0.15) is 11.4 Å². The average molecular weight is 663 g/mol. The van der Waals surface area contributed by atoms with Crippen LogP contribution in [0.1, 0.15) is 46.5 Å². The van der Waals surface area contributed by atoms with Crippen LogP contribution >= 0.6 is 0 Å². The van der Waals surface area contributed by atoms with Crippen molar-refractivity contribution in [3.05, 3.63) is 35.1 Å². The lowest BCUT2D eigenvalue weighted by atomic mass is 9.46. The molecule has 244 valence electrons. The lowest BCUT2D eigenvalue weighted by Crippen LogP contribution is -2.65. The van der Waals surface area contributed by atoms with Gasteiger partial charge < -0.3 is 17.7 Å². The van der Waals surface area contributed by atoms with Gasteiger partial charge in [0.05, 0.1) is 6.61 Å². The quantitative estimate of drug-likeness (QED) is 0.218. The van der Waals surface area contributed by atoms with E-state index in [2.05, 4.69) is 118 Å². The van der Waals surface area contributed by atoms with E-state index in [0.29, 0.717) is 17.8 Å². The lowest BCUT2D eigenvalue weighted by Gasteiger charge is -2.62. The van der Waals surface area contributed by atoms with E-state index in [-0.39, 0.29) is 29.3 Å². The highest BCUT2D eigenvalue weighted by Crippen LogP contribution is 2.69. The van der Waals surface area contributed by atoms with Crippen LogP contribution in [-0.2, 0) is 22.5 Å². The van der Waals surface area contributed by atoms with E-state index in [9.17, 15) is 4.79 Å². The summed E-state index contributed by atoms with van der Waals surface area (Å²) in [5.41, 5.74) is 1.60. The molecule has 0 N–H and O–H groups in total. The largest absolute Gasteiger partial charge is 0.544 e. The van der Waals surface area contributed by atoms with E-state index < -0.39 is 38.9 Å². The third kappa shape index (κ3) is 7.08. The minimum Gasteiger partial charge on any atom is -0.544 e. The van der Waals surface area contributed by atoms with E-state index in [0.717, 1.165) is 31.4 Å². The molecule has 43 heavy (non-hydrogen) atoms. The van der Waals surface area contributed by atoms with Crippen LogP contribution in [0.3, 0.4) is 0 Å². The zero-order valence-electron chi connectivity index (χ0n) is 30.1. The maximum atomic E-state index is 14.5. The first-order chi connectivity index (χ1) is 19.3. The Bertz CT molecular complexity index is 1200. The maximum Gasteiger partial charge on any atom is 0.242 e. The topological polar surface area (TPSA) is 54.0 Å². The SMILES string of the molecule is CC1=C2C=C(O[Si](C)(C)C)C=C[C@]2(C)[C@H]2C(O[Si](C)(C)C)C[C@@]3(C)[C@@H](CC[C@]3(O[Si](C)(C)C)C(=O)CO[Si](C)(C)C)C2C1. The van der Waals surface area contributed by atoms with Crippen LogP contribution in [0.2, 0.25) is 78.6 Å². The molecule has 0 aromatic heterocycles. The molecule has 2 saturated carbocycles. The van der Waals surface area contributed by atoms with Gasteiger partial charge in [-0.1, -0.05) is 25.5 Å². The molecule has 0 aliphatic heterocycles. The number of Topliss-reactive ketones (excluding diaryl/α,β-unsaturated/α-hetero) is 1. The van der Waals surface area contributed by atoms with Crippen LogP contribution in [0.25, 0.3) is 0 Å². The number of carbonyl (C=O) groups excluding carboxylic acids is 1. The first-order valence-corrected chi connectivity index (χ1v) is 30.3. The third-order valence-corrected chi connectivity index (χ3v) is 14.0. The molecule has 0 saturated heterocycles. The predicted octanol–water partition coefficient (Wildman–Crippen LogP) is 9.30. The summed E-state index contributed by atoms with van der Waals surface area (Å²) in [6.45, 7) is 34.2. The molecule has 0 heterocycles. The summed E-state index contributed by atoms with van der Waals surface area (Å²) in [5.74, 6) is 2.31. The number of carbonyl (C=O) groups is 1. The molecular weight excluding hydrogens is 601 g/mol. The van der Waals surface area contributed by atoms with Crippen molar-refractivity contribution in [2.45, 2.75) is 137 Å². The zero-order valence-corrected chi connectivity index (χ0v) is 34.1. The second kappa shape index (κ2) is 11.3. The Morgan fingerprint density at radius 1 is 0.907 bits per heavy atom. The number of fused-ring (bicyclic) bond motifs is 5. The number of rotatable bonds is 10. The van der Waals surface area contributed by atoms with Gasteiger partial charge in [0, 0.05) is 22.9 Å². The summed E-state index contributed by atoms with van der Waals surface area (Å²) in [7, 11) is -7.62. The molecular formula is C34H62O5Si4.